The molecule has 3 aliphatic rings. The van der Waals surface area contributed by atoms with E-state index in [2.05, 4.69) is 19.1 Å². The van der Waals surface area contributed by atoms with Gasteiger partial charge >= 0.3 is 5.97 Å². The average Bonchev–Trinajstić information content (AvgIpc) is 3.03. The molecule has 0 amide bonds. The Morgan fingerprint density at radius 2 is 2.05 bits per heavy atom. The Morgan fingerprint density at radius 3 is 2.73 bits per heavy atom. The predicted molar refractivity (Wildman–Crippen MR) is 85.1 cm³/mol. The van der Waals surface area contributed by atoms with Crippen molar-refractivity contribution in [1.29, 1.82) is 0 Å². The van der Waals surface area contributed by atoms with Crippen molar-refractivity contribution < 1.29 is 14.3 Å². The first-order valence-corrected chi connectivity index (χ1v) is 8.59. The zero-order chi connectivity index (χ0) is 15.9. The molecule has 0 heterocycles. The zero-order valence-corrected chi connectivity index (χ0v) is 13.8. The van der Waals surface area contributed by atoms with E-state index in [1.165, 1.54) is 24.8 Å². The summed E-state index contributed by atoms with van der Waals surface area (Å²) >= 11 is 0. The van der Waals surface area contributed by atoms with Crippen LogP contribution in [-0.4, -0.2) is 18.4 Å². The molecule has 0 N–H and O–H groups in total. The van der Waals surface area contributed by atoms with E-state index in [9.17, 15) is 9.59 Å². The average molecular weight is 302 g/mol. The summed E-state index contributed by atoms with van der Waals surface area (Å²) in [6, 6.07) is 0. The number of carbonyl (C=O) groups excluding carboxylic acids is 2. The van der Waals surface area contributed by atoms with Crippen molar-refractivity contribution in [3.63, 3.8) is 0 Å². The molecule has 3 aliphatic carbocycles. The van der Waals surface area contributed by atoms with E-state index in [1.54, 1.807) is 6.92 Å². The molecule has 5 atom stereocenters. The van der Waals surface area contributed by atoms with E-state index in [-0.39, 0.29) is 17.7 Å². The largest absolute Gasteiger partial charge is 0.466 e. The lowest BCUT2D eigenvalue weighted by Gasteiger charge is -2.38. The summed E-state index contributed by atoms with van der Waals surface area (Å²) < 4.78 is 5.16. The number of fused-ring (bicyclic) bond motifs is 3. The molecule has 1 saturated carbocycles. The highest BCUT2D eigenvalue weighted by molar-refractivity contribution is 5.95. The van der Waals surface area contributed by atoms with E-state index in [0.29, 0.717) is 36.7 Å². The van der Waals surface area contributed by atoms with Gasteiger partial charge in [0.05, 0.1) is 13.0 Å². The van der Waals surface area contributed by atoms with Gasteiger partial charge in [-0.25, -0.2) is 0 Å². The molecule has 3 nitrogen and oxygen atoms in total. The minimum absolute atomic E-state index is 0.0517. The maximum atomic E-state index is 12.1. The van der Waals surface area contributed by atoms with Crippen molar-refractivity contribution in [3.05, 3.63) is 23.3 Å². The third kappa shape index (κ3) is 2.55. The molecule has 1 fully saturated rings. The van der Waals surface area contributed by atoms with Gasteiger partial charge in [-0.3, -0.25) is 9.59 Å². The molecule has 3 rings (SSSR count). The third-order valence-electron chi connectivity index (χ3n) is 5.86. The molecule has 120 valence electrons. The Morgan fingerprint density at radius 1 is 1.27 bits per heavy atom. The number of allylic oxidation sites excluding steroid dienone is 4. The number of esters is 1. The number of ether oxygens (including phenoxy) is 1. The quantitative estimate of drug-likeness (QED) is 0.587. The maximum absolute atomic E-state index is 12.1. The van der Waals surface area contributed by atoms with E-state index in [4.69, 9.17) is 4.74 Å². The molecule has 0 radical (unpaired) electrons. The lowest BCUT2D eigenvalue weighted by atomic mass is 9.66. The number of carbonyl (C=O) groups is 2. The van der Waals surface area contributed by atoms with Crippen LogP contribution in [0.2, 0.25) is 0 Å². The highest BCUT2D eigenvalue weighted by Gasteiger charge is 2.49. The number of rotatable bonds is 4. The molecule has 0 spiro atoms. The number of Topliss-reactive ketones (excluding diaryl/α,β-unsaturated/α-hetero) is 1. The zero-order valence-electron chi connectivity index (χ0n) is 13.8. The molecule has 0 bridgehead atoms. The van der Waals surface area contributed by atoms with Crippen molar-refractivity contribution in [2.45, 2.75) is 46.5 Å². The fourth-order valence-corrected chi connectivity index (χ4v) is 5.06. The highest BCUT2D eigenvalue weighted by atomic mass is 16.5. The molecule has 0 aliphatic heterocycles. The van der Waals surface area contributed by atoms with Crippen LogP contribution >= 0.6 is 0 Å². The summed E-state index contributed by atoms with van der Waals surface area (Å²) in [5.41, 5.74) is 2.25. The van der Waals surface area contributed by atoms with Gasteiger partial charge in [-0.05, 0) is 56.9 Å². The van der Waals surface area contributed by atoms with E-state index in [0.717, 1.165) is 5.57 Å². The van der Waals surface area contributed by atoms with Gasteiger partial charge in [0.1, 0.15) is 0 Å². The van der Waals surface area contributed by atoms with Gasteiger partial charge < -0.3 is 4.74 Å². The van der Waals surface area contributed by atoms with E-state index < -0.39 is 0 Å². The van der Waals surface area contributed by atoms with Crippen molar-refractivity contribution in [2.24, 2.45) is 29.6 Å². The first-order chi connectivity index (χ1) is 10.5. The van der Waals surface area contributed by atoms with Crippen molar-refractivity contribution in [2.75, 3.05) is 6.61 Å². The summed E-state index contributed by atoms with van der Waals surface area (Å²) in [7, 11) is 0. The first kappa shape index (κ1) is 15.5. The smallest absolute Gasteiger partial charge is 0.306 e. The van der Waals surface area contributed by atoms with Gasteiger partial charge in [0.2, 0.25) is 0 Å². The van der Waals surface area contributed by atoms with E-state index in [1.807, 2.05) is 6.92 Å². The fraction of sp³-hybridized carbons (Fsp3) is 0.684. The fourth-order valence-electron chi connectivity index (χ4n) is 5.06. The van der Waals surface area contributed by atoms with Gasteiger partial charge in [0.25, 0.3) is 0 Å². The van der Waals surface area contributed by atoms with Crippen molar-refractivity contribution in [3.8, 4) is 0 Å². The Kier molecular flexibility index (Phi) is 4.24. The molecule has 0 aromatic rings. The first-order valence-electron chi connectivity index (χ1n) is 8.59. The molecule has 0 saturated heterocycles. The van der Waals surface area contributed by atoms with Gasteiger partial charge in [0.15, 0.2) is 5.78 Å². The molecule has 0 aromatic carbocycles. The summed E-state index contributed by atoms with van der Waals surface area (Å²) in [5.74, 6) is 2.04. The summed E-state index contributed by atoms with van der Waals surface area (Å²) in [4.78, 5) is 24.1. The van der Waals surface area contributed by atoms with Crippen LogP contribution < -0.4 is 0 Å². The van der Waals surface area contributed by atoms with Crippen LogP contribution in [0.25, 0.3) is 0 Å². The monoisotopic (exact) mass is 302 g/mol. The van der Waals surface area contributed by atoms with Crippen LogP contribution in [-0.2, 0) is 14.3 Å². The second kappa shape index (κ2) is 6.02. The minimum atomic E-state index is -0.165. The Balaban J connectivity index is 1.91. The van der Waals surface area contributed by atoms with Crippen LogP contribution in [0, 0.1) is 29.6 Å². The molecule has 22 heavy (non-hydrogen) atoms. The second-order valence-electron chi connectivity index (χ2n) is 7.07. The Bertz CT molecular complexity index is 543. The lowest BCUT2D eigenvalue weighted by molar-refractivity contribution is -0.144. The molecule has 0 unspecified atom stereocenters. The number of hydrogen-bond donors (Lipinski definition) is 0. The van der Waals surface area contributed by atoms with Crippen LogP contribution in [0.4, 0.5) is 0 Å². The van der Waals surface area contributed by atoms with Crippen LogP contribution in [0.15, 0.2) is 23.3 Å². The van der Waals surface area contributed by atoms with Crippen molar-refractivity contribution in [1.82, 2.24) is 0 Å². The summed E-state index contributed by atoms with van der Waals surface area (Å²) in [6.45, 7) is 6.06. The third-order valence-corrected chi connectivity index (χ3v) is 5.86. The van der Waals surface area contributed by atoms with Crippen molar-refractivity contribution >= 4 is 11.8 Å². The topological polar surface area (TPSA) is 43.4 Å². The Labute approximate surface area is 132 Å². The van der Waals surface area contributed by atoms with Gasteiger partial charge in [-0.15, -0.1) is 0 Å². The molecule has 3 heteroatoms. The SMILES string of the molecule is CCOC(=O)C[C@@H]1C(C(C)=O)=C[C@H]2C(C)=C[C@H]3CCC[C@@H]3[C@@H]12. The van der Waals surface area contributed by atoms with Crippen LogP contribution in [0.3, 0.4) is 0 Å². The van der Waals surface area contributed by atoms with E-state index >= 15 is 0 Å². The summed E-state index contributed by atoms with van der Waals surface area (Å²) in [6.07, 6.45) is 8.69. The molecule has 0 aromatic heterocycles. The van der Waals surface area contributed by atoms with Gasteiger partial charge in [0, 0.05) is 11.8 Å². The maximum Gasteiger partial charge on any atom is 0.306 e. The van der Waals surface area contributed by atoms with Gasteiger partial charge in [-0.1, -0.05) is 24.1 Å². The molecular formula is C19H26O3. The standard InChI is InChI=1S/C19H26O3/c1-4-22-18(21)10-17-16(12(3)20)9-15-11(2)8-13-6-5-7-14(13)19(15)17/h8-9,13-15,17,19H,4-7,10H2,1-3H3/t13-,14+,15+,17-,19-/m1/s1. The predicted octanol–water partition coefficient (Wildman–Crippen LogP) is 3.69. The van der Waals surface area contributed by atoms with Crippen LogP contribution in [0.5, 0.6) is 0 Å². The Hall–Kier alpha value is -1.38. The normalized spacial score (nSPS) is 36.2. The lowest BCUT2D eigenvalue weighted by Crippen LogP contribution is -2.34. The number of hydrogen-bond acceptors (Lipinski definition) is 3. The van der Waals surface area contributed by atoms with Gasteiger partial charge in [-0.2, -0.15) is 0 Å². The molecular weight excluding hydrogens is 276 g/mol. The number of ketones is 1. The minimum Gasteiger partial charge on any atom is -0.466 e. The second-order valence-corrected chi connectivity index (χ2v) is 7.07. The highest BCUT2D eigenvalue weighted by Crippen LogP contribution is 2.55. The van der Waals surface area contributed by atoms with Crippen LogP contribution in [0.1, 0.15) is 46.5 Å². The summed E-state index contributed by atoms with van der Waals surface area (Å²) in [5, 5.41) is 0.